The molecular weight excluding hydrogens is 252 g/mol. The van der Waals surface area contributed by atoms with Crippen molar-refractivity contribution in [2.24, 2.45) is 11.1 Å². The number of hydrogen-bond acceptors (Lipinski definition) is 2. The fraction of sp³-hybridized carbons (Fsp3) is 0.875. The lowest BCUT2D eigenvalue weighted by Crippen LogP contribution is -2.26. The van der Waals surface area contributed by atoms with Gasteiger partial charge in [-0.1, -0.05) is 45.4 Å². The summed E-state index contributed by atoms with van der Waals surface area (Å²) in [7, 11) is 0. The van der Waals surface area contributed by atoms with E-state index in [9.17, 15) is 9.59 Å². The zero-order chi connectivity index (χ0) is 14.8. The molecule has 0 unspecified atom stereocenters. The van der Waals surface area contributed by atoms with Crippen LogP contribution in [0.25, 0.3) is 0 Å². The first kappa shape index (κ1) is 17.0. The van der Waals surface area contributed by atoms with E-state index in [2.05, 4.69) is 12.2 Å². The molecule has 1 saturated heterocycles. The summed E-state index contributed by atoms with van der Waals surface area (Å²) in [5, 5.41) is 2.94. The highest BCUT2D eigenvalue weighted by molar-refractivity contribution is 5.79. The van der Waals surface area contributed by atoms with Crippen LogP contribution < -0.4 is 11.1 Å². The van der Waals surface area contributed by atoms with Gasteiger partial charge in [-0.15, -0.1) is 0 Å². The van der Waals surface area contributed by atoms with Gasteiger partial charge >= 0.3 is 0 Å². The number of primary amides is 1. The molecule has 0 bridgehead atoms. The highest BCUT2D eigenvalue weighted by Gasteiger charge is 2.38. The minimum atomic E-state index is -0.175. The van der Waals surface area contributed by atoms with E-state index in [0.29, 0.717) is 11.8 Å². The van der Waals surface area contributed by atoms with Gasteiger partial charge in [-0.05, 0) is 24.7 Å². The second-order valence-corrected chi connectivity index (χ2v) is 6.29. The Kier molecular flexibility index (Phi) is 7.63. The molecule has 0 aromatic heterocycles. The van der Waals surface area contributed by atoms with Crippen LogP contribution in [0, 0.1) is 5.41 Å². The third-order valence-electron chi connectivity index (χ3n) is 4.39. The molecule has 116 valence electrons. The first-order valence-corrected chi connectivity index (χ1v) is 8.13. The maximum Gasteiger partial charge on any atom is 0.220 e. The Balaban J connectivity index is 0.000000206. The van der Waals surface area contributed by atoms with Crippen molar-refractivity contribution in [2.45, 2.75) is 77.6 Å². The minimum absolute atomic E-state index is 0.175. The van der Waals surface area contributed by atoms with Crippen LogP contribution in [-0.2, 0) is 9.59 Å². The van der Waals surface area contributed by atoms with E-state index >= 15 is 0 Å². The van der Waals surface area contributed by atoms with Crippen LogP contribution in [-0.4, -0.2) is 18.4 Å². The smallest absolute Gasteiger partial charge is 0.220 e. The number of unbranched alkanes of at least 4 members (excludes halogenated alkanes) is 3. The molecule has 0 atom stereocenters. The lowest BCUT2D eigenvalue weighted by Gasteiger charge is -2.31. The molecule has 1 aliphatic heterocycles. The molecule has 0 aromatic rings. The van der Waals surface area contributed by atoms with Crippen LogP contribution in [0.1, 0.15) is 77.6 Å². The number of nitrogens with one attached hydrogen (secondary N) is 1. The summed E-state index contributed by atoms with van der Waals surface area (Å²) in [6.45, 7) is 3.09. The molecule has 4 heteroatoms. The fourth-order valence-electron chi connectivity index (χ4n) is 3.13. The van der Waals surface area contributed by atoms with E-state index in [1.807, 2.05) is 0 Å². The van der Waals surface area contributed by atoms with Gasteiger partial charge in [0.25, 0.3) is 0 Å². The molecule has 2 rings (SSSR count). The number of amides is 2. The average molecular weight is 282 g/mol. The first-order valence-electron chi connectivity index (χ1n) is 8.13. The summed E-state index contributed by atoms with van der Waals surface area (Å²) in [6, 6.07) is 0. The monoisotopic (exact) mass is 282 g/mol. The summed E-state index contributed by atoms with van der Waals surface area (Å²) in [6.07, 6.45) is 12.4. The summed E-state index contributed by atoms with van der Waals surface area (Å²) in [5.41, 5.74) is 5.32. The third kappa shape index (κ3) is 6.40. The van der Waals surface area contributed by atoms with E-state index in [1.54, 1.807) is 0 Å². The van der Waals surface area contributed by atoms with E-state index in [-0.39, 0.29) is 11.8 Å². The SMILES string of the molecule is CCCCCCC(N)=O.O=C1CC2(CCCCC2)CN1. The predicted octanol–water partition coefficient (Wildman–Crippen LogP) is 2.90. The number of carbonyl (C=O) groups is 2. The maximum atomic E-state index is 11.0. The average Bonchev–Trinajstić information content (AvgIpc) is 2.77. The van der Waals surface area contributed by atoms with Crippen LogP contribution in [0.15, 0.2) is 0 Å². The highest BCUT2D eigenvalue weighted by atomic mass is 16.2. The van der Waals surface area contributed by atoms with Crippen LogP contribution in [0.4, 0.5) is 0 Å². The largest absolute Gasteiger partial charge is 0.370 e. The molecular formula is C16H30N2O2. The normalized spacial score (nSPS) is 20.1. The molecule has 1 spiro atoms. The van der Waals surface area contributed by atoms with Crippen molar-refractivity contribution < 1.29 is 9.59 Å². The second-order valence-electron chi connectivity index (χ2n) is 6.29. The van der Waals surface area contributed by atoms with E-state index in [4.69, 9.17) is 5.73 Å². The zero-order valence-corrected chi connectivity index (χ0v) is 12.9. The van der Waals surface area contributed by atoms with Crippen LogP contribution >= 0.6 is 0 Å². The Morgan fingerprint density at radius 2 is 1.90 bits per heavy atom. The van der Waals surface area contributed by atoms with E-state index in [0.717, 1.165) is 25.8 Å². The lowest BCUT2D eigenvalue weighted by molar-refractivity contribution is -0.120. The predicted molar refractivity (Wildman–Crippen MR) is 81.1 cm³/mol. The molecule has 2 aliphatic rings. The van der Waals surface area contributed by atoms with Crippen LogP contribution in [0.5, 0.6) is 0 Å². The fourth-order valence-corrected chi connectivity index (χ4v) is 3.13. The Morgan fingerprint density at radius 1 is 1.20 bits per heavy atom. The van der Waals surface area contributed by atoms with E-state index in [1.165, 1.54) is 44.9 Å². The van der Waals surface area contributed by atoms with Crippen molar-refractivity contribution in [3.63, 3.8) is 0 Å². The van der Waals surface area contributed by atoms with Gasteiger partial charge < -0.3 is 11.1 Å². The zero-order valence-electron chi connectivity index (χ0n) is 12.9. The number of carbonyl (C=O) groups excluding carboxylic acids is 2. The summed E-state index contributed by atoms with van der Waals surface area (Å²) in [5.74, 6) is 0.0954. The molecule has 1 heterocycles. The number of hydrogen-bond donors (Lipinski definition) is 2. The van der Waals surface area contributed by atoms with Crippen molar-refractivity contribution in [1.29, 1.82) is 0 Å². The van der Waals surface area contributed by atoms with Gasteiger partial charge in [0.15, 0.2) is 0 Å². The van der Waals surface area contributed by atoms with Crippen molar-refractivity contribution in [3.8, 4) is 0 Å². The Labute approximate surface area is 122 Å². The van der Waals surface area contributed by atoms with Crippen LogP contribution in [0.3, 0.4) is 0 Å². The van der Waals surface area contributed by atoms with Gasteiger partial charge in [0.05, 0.1) is 0 Å². The van der Waals surface area contributed by atoms with Crippen molar-refractivity contribution in [2.75, 3.05) is 6.54 Å². The molecule has 1 saturated carbocycles. The van der Waals surface area contributed by atoms with Gasteiger partial charge in [-0.3, -0.25) is 9.59 Å². The third-order valence-corrected chi connectivity index (χ3v) is 4.39. The Morgan fingerprint density at radius 3 is 2.40 bits per heavy atom. The van der Waals surface area contributed by atoms with Gasteiger partial charge in [0.2, 0.25) is 11.8 Å². The summed E-state index contributed by atoms with van der Waals surface area (Å²) in [4.78, 5) is 21.2. The first-order chi connectivity index (χ1) is 9.58. The maximum absolute atomic E-state index is 11.0. The molecule has 20 heavy (non-hydrogen) atoms. The summed E-state index contributed by atoms with van der Waals surface area (Å²) < 4.78 is 0. The molecule has 0 aromatic carbocycles. The topological polar surface area (TPSA) is 72.2 Å². The van der Waals surface area contributed by atoms with Crippen molar-refractivity contribution in [3.05, 3.63) is 0 Å². The Bertz CT molecular complexity index is 310. The standard InChI is InChI=1S/C9H15NO.C7H15NO/c11-8-6-9(7-10-8)4-2-1-3-5-9;1-2-3-4-5-6-7(8)9/h1-7H2,(H,10,11);2-6H2,1H3,(H2,8,9). The Hall–Kier alpha value is -1.06. The highest BCUT2D eigenvalue weighted by Crippen LogP contribution is 2.40. The molecule has 3 N–H and O–H groups in total. The van der Waals surface area contributed by atoms with Crippen LogP contribution in [0.2, 0.25) is 0 Å². The molecule has 1 aliphatic carbocycles. The molecule has 0 radical (unpaired) electrons. The van der Waals surface area contributed by atoms with Gasteiger partial charge in [-0.2, -0.15) is 0 Å². The van der Waals surface area contributed by atoms with Gasteiger partial charge in [0.1, 0.15) is 0 Å². The lowest BCUT2D eigenvalue weighted by atomic mass is 9.73. The summed E-state index contributed by atoms with van der Waals surface area (Å²) >= 11 is 0. The second kappa shape index (κ2) is 8.98. The number of nitrogens with two attached hydrogens (primary N) is 1. The molecule has 4 nitrogen and oxygen atoms in total. The van der Waals surface area contributed by atoms with Gasteiger partial charge in [-0.25, -0.2) is 0 Å². The van der Waals surface area contributed by atoms with Crippen molar-refractivity contribution in [1.82, 2.24) is 5.32 Å². The van der Waals surface area contributed by atoms with Gasteiger partial charge in [0, 0.05) is 19.4 Å². The quantitative estimate of drug-likeness (QED) is 0.761. The molecule has 2 amide bonds. The van der Waals surface area contributed by atoms with E-state index < -0.39 is 0 Å². The molecule has 2 fully saturated rings. The van der Waals surface area contributed by atoms with Crippen molar-refractivity contribution >= 4 is 11.8 Å². The minimum Gasteiger partial charge on any atom is -0.370 e. The number of rotatable bonds is 5.